The SMILES string of the molecule is COc1ccc(CC(=O)[C@@H](CCCN=C(N)N)NC(=O)c2cccc(CC(=O)[C@H](N)CCCN=C(N)N)c2)cc1C(=O)N[C@H](CCCN=C(N)N)C(=O)Cc1ccc(OC)c(C(=O)N[C@H](CCCN=C(N)N)C(=O)Cc2cccc(C(N)=O)c2)c1. The first kappa shape index (κ1) is 67.6. The van der Waals surface area contributed by atoms with Crippen LogP contribution in [0.1, 0.15) is 115 Å². The van der Waals surface area contributed by atoms with Crippen LogP contribution in [0.5, 0.6) is 11.5 Å². The van der Waals surface area contributed by atoms with Crippen molar-refractivity contribution in [3.8, 4) is 11.5 Å². The van der Waals surface area contributed by atoms with E-state index in [2.05, 4.69) is 35.9 Å². The number of aliphatic imine (C=N–C) groups is 4. The molecule has 0 aliphatic rings. The van der Waals surface area contributed by atoms with Crippen molar-refractivity contribution in [3.63, 3.8) is 0 Å². The van der Waals surface area contributed by atoms with Crippen LogP contribution in [0.15, 0.2) is 105 Å². The molecule has 0 heterocycles. The number of ketones is 4. The monoisotopic (exact) mass is 1170 g/mol. The molecular formula is C58H79N17O10. The Labute approximate surface area is 492 Å². The van der Waals surface area contributed by atoms with Crippen LogP contribution in [0, 0.1) is 0 Å². The number of Topliss-reactive ketones (excluding diaryl/α,β-unsaturated/α-hetero) is 4. The number of carbonyl (C=O) groups is 8. The van der Waals surface area contributed by atoms with Gasteiger partial charge in [0.05, 0.1) is 49.5 Å². The molecule has 0 saturated heterocycles. The van der Waals surface area contributed by atoms with Gasteiger partial charge in [0.15, 0.2) is 47.0 Å². The highest BCUT2D eigenvalue weighted by Crippen LogP contribution is 2.24. The fourth-order valence-electron chi connectivity index (χ4n) is 8.89. The number of benzene rings is 4. The van der Waals surface area contributed by atoms with E-state index in [1.165, 1.54) is 50.6 Å². The summed E-state index contributed by atoms with van der Waals surface area (Å²) in [6, 6.07) is 17.6. The molecule has 0 fully saturated rings. The molecule has 0 aromatic heterocycles. The summed E-state index contributed by atoms with van der Waals surface area (Å²) in [5.74, 6) is -4.51. The molecule has 0 saturated carbocycles. The van der Waals surface area contributed by atoms with Gasteiger partial charge in [-0.15, -0.1) is 0 Å². The second-order valence-corrected chi connectivity index (χ2v) is 19.9. The van der Waals surface area contributed by atoms with Gasteiger partial charge in [-0.1, -0.05) is 36.4 Å². The van der Waals surface area contributed by atoms with E-state index in [9.17, 15) is 38.4 Å². The first-order chi connectivity index (χ1) is 40.5. The molecule has 0 radical (unpaired) electrons. The van der Waals surface area contributed by atoms with Crippen LogP contribution in [-0.4, -0.2) is 135 Å². The molecule has 0 aliphatic carbocycles. The van der Waals surface area contributed by atoms with Gasteiger partial charge in [-0.3, -0.25) is 58.3 Å². The van der Waals surface area contributed by atoms with Crippen molar-refractivity contribution in [2.45, 2.75) is 101 Å². The molecule has 456 valence electrons. The molecule has 27 nitrogen and oxygen atoms in total. The molecule has 4 rings (SSSR count). The lowest BCUT2D eigenvalue weighted by Gasteiger charge is -2.21. The lowest BCUT2D eigenvalue weighted by Crippen LogP contribution is -2.42. The summed E-state index contributed by atoms with van der Waals surface area (Å²) in [5.41, 5.74) is 57.7. The highest BCUT2D eigenvalue weighted by atomic mass is 16.5. The molecule has 4 aromatic carbocycles. The number of nitrogens with zero attached hydrogens (tertiary/aromatic N) is 4. The molecule has 4 aromatic rings. The third kappa shape index (κ3) is 23.5. The molecule has 0 aliphatic heterocycles. The first-order valence-electron chi connectivity index (χ1n) is 27.3. The summed E-state index contributed by atoms with van der Waals surface area (Å²) in [7, 11) is 2.70. The Kier molecular flexibility index (Phi) is 27.4. The molecular weight excluding hydrogens is 1090 g/mol. The largest absolute Gasteiger partial charge is 0.496 e. The fraction of sp³-hybridized carbons (Fsp3) is 0.379. The summed E-state index contributed by atoms with van der Waals surface area (Å²) in [5, 5.41) is 8.43. The Bertz CT molecular complexity index is 3130. The van der Waals surface area contributed by atoms with Crippen LogP contribution in [-0.2, 0) is 44.9 Å². The summed E-state index contributed by atoms with van der Waals surface area (Å²) >= 11 is 0. The number of nitrogens with two attached hydrogens (primary N) is 10. The lowest BCUT2D eigenvalue weighted by molar-refractivity contribution is -0.121. The van der Waals surface area contributed by atoms with Crippen molar-refractivity contribution in [1.29, 1.82) is 0 Å². The number of methoxy groups -OCH3 is 2. The Morgan fingerprint density at radius 1 is 0.412 bits per heavy atom. The standard InChI is InChI=1S/C58H79N17O10/c1-84-49-19-17-35(31-47(78)42(14-6-22-70-56(63)64)73-52(81)38-12-4-10-34(26-38)29-45(76)41(59)13-5-21-69-55(61)62)27-39(49)54(83)75-44(16-8-24-72-58(67)68)48(79)32-36-18-20-50(85-2)40(28-36)53(82)74-43(15-7-23-71-57(65)66)46(77)30-33-9-3-11-37(25-33)51(60)80/h3-4,9-12,17-20,25-28,41-44H,5-8,13-16,21-24,29-32,59H2,1-2H3,(H2,60,80)(H,73,81)(H,74,82)(H,75,83)(H4,61,62,69)(H4,63,64,70)(H4,65,66,71)(H4,67,68,72)/t41-,42-,43-,44-/m1/s1. The minimum absolute atomic E-state index is 0.00136. The lowest BCUT2D eigenvalue weighted by atomic mass is 9.96. The average Bonchev–Trinajstić information content (AvgIpc) is 3.66. The van der Waals surface area contributed by atoms with Crippen molar-refractivity contribution in [2.75, 3.05) is 40.4 Å². The van der Waals surface area contributed by atoms with E-state index in [0.29, 0.717) is 54.5 Å². The minimum atomic E-state index is -1.16. The number of hydrogen-bond donors (Lipinski definition) is 13. The van der Waals surface area contributed by atoms with Crippen molar-refractivity contribution in [1.82, 2.24) is 16.0 Å². The van der Waals surface area contributed by atoms with Crippen molar-refractivity contribution in [3.05, 3.63) is 129 Å². The van der Waals surface area contributed by atoms with Crippen LogP contribution in [0.25, 0.3) is 0 Å². The minimum Gasteiger partial charge on any atom is -0.496 e. The number of nitrogens with one attached hydrogen (secondary N) is 3. The maximum Gasteiger partial charge on any atom is 0.255 e. The topological polar surface area (TPSA) is 501 Å². The normalized spacial score (nSPS) is 12.1. The number of carbonyl (C=O) groups excluding carboxylic acids is 8. The van der Waals surface area contributed by atoms with Gasteiger partial charge in [0.2, 0.25) is 5.91 Å². The average molecular weight is 1170 g/mol. The Morgan fingerprint density at radius 3 is 1.11 bits per heavy atom. The third-order valence-electron chi connectivity index (χ3n) is 13.2. The summed E-state index contributed by atoms with van der Waals surface area (Å²) in [4.78, 5) is 125. The van der Waals surface area contributed by atoms with Crippen LogP contribution in [0.3, 0.4) is 0 Å². The number of amides is 4. The zero-order valence-electron chi connectivity index (χ0n) is 47.9. The molecule has 4 atom stereocenters. The van der Waals surface area contributed by atoms with E-state index < -0.39 is 59.4 Å². The van der Waals surface area contributed by atoms with E-state index in [1.54, 1.807) is 48.5 Å². The maximum atomic E-state index is 14.4. The number of primary amides is 1. The zero-order valence-corrected chi connectivity index (χ0v) is 47.9. The van der Waals surface area contributed by atoms with Gasteiger partial charge in [0.25, 0.3) is 17.7 Å². The Hall–Kier alpha value is -9.92. The van der Waals surface area contributed by atoms with E-state index in [0.717, 1.165) is 0 Å². The number of hydrogen-bond acceptors (Lipinski definition) is 15. The Balaban J connectivity index is 1.57. The van der Waals surface area contributed by atoms with Crippen molar-refractivity contribution in [2.24, 2.45) is 77.3 Å². The summed E-state index contributed by atoms with van der Waals surface area (Å²) in [6.07, 6.45) is 1.25. The predicted octanol–water partition coefficient (Wildman–Crippen LogP) is -0.813. The van der Waals surface area contributed by atoms with Crippen LogP contribution in [0.2, 0.25) is 0 Å². The molecule has 0 spiro atoms. The smallest absolute Gasteiger partial charge is 0.255 e. The fourth-order valence-corrected chi connectivity index (χ4v) is 8.89. The molecule has 23 N–H and O–H groups in total. The number of ether oxygens (including phenoxy) is 2. The number of rotatable bonds is 37. The molecule has 0 bridgehead atoms. The number of guanidine groups is 4. The second-order valence-electron chi connectivity index (χ2n) is 19.9. The zero-order chi connectivity index (χ0) is 62.6. The van der Waals surface area contributed by atoms with Gasteiger partial charge >= 0.3 is 0 Å². The second kappa shape index (κ2) is 34.5. The molecule has 85 heavy (non-hydrogen) atoms. The van der Waals surface area contributed by atoms with Gasteiger partial charge in [-0.2, -0.15) is 0 Å². The van der Waals surface area contributed by atoms with Crippen LogP contribution < -0.4 is 82.8 Å². The molecule has 0 unspecified atom stereocenters. The summed E-state index contributed by atoms with van der Waals surface area (Å²) < 4.78 is 11.1. The first-order valence-corrected chi connectivity index (χ1v) is 27.3. The van der Waals surface area contributed by atoms with Crippen molar-refractivity contribution < 1.29 is 47.8 Å². The van der Waals surface area contributed by atoms with Gasteiger partial charge in [0, 0.05) is 63.0 Å². The highest BCUT2D eigenvalue weighted by molar-refractivity contribution is 6.03. The predicted molar refractivity (Wildman–Crippen MR) is 324 cm³/mol. The molecule has 27 heteroatoms. The highest BCUT2D eigenvalue weighted by Gasteiger charge is 2.28. The van der Waals surface area contributed by atoms with Gasteiger partial charge in [0.1, 0.15) is 11.5 Å². The van der Waals surface area contributed by atoms with E-state index >= 15 is 0 Å². The van der Waals surface area contributed by atoms with E-state index in [1.807, 2.05) is 0 Å². The Morgan fingerprint density at radius 2 is 0.741 bits per heavy atom. The quantitative estimate of drug-likeness (QED) is 0.0149. The van der Waals surface area contributed by atoms with Gasteiger partial charge < -0.3 is 82.8 Å². The third-order valence-corrected chi connectivity index (χ3v) is 13.2. The summed E-state index contributed by atoms with van der Waals surface area (Å²) in [6.45, 7) is 0.757. The molecule has 4 amide bonds. The van der Waals surface area contributed by atoms with Crippen LogP contribution in [0.4, 0.5) is 0 Å². The van der Waals surface area contributed by atoms with E-state index in [-0.39, 0.29) is 140 Å². The van der Waals surface area contributed by atoms with Gasteiger partial charge in [-0.25, -0.2) is 0 Å². The van der Waals surface area contributed by atoms with Gasteiger partial charge in [-0.05, 0) is 122 Å². The van der Waals surface area contributed by atoms with E-state index in [4.69, 9.17) is 66.8 Å². The maximum absolute atomic E-state index is 14.4. The van der Waals surface area contributed by atoms with Crippen LogP contribution >= 0.6 is 0 Å². The van der Waals surface area contributed by atoms with Crippen molar-refractivity contribution >= 4 is 70.6 Å².